The van der Waals surface area contributed by atoms with E-state index in [1.807, 2.05) is 24.3 Å². The van der Waals surface area contributed by atoms with Gasteiger partial charge in [-0.1, -0.05) is 55.9 Å². The van der Waals surface area contributed by atoms with Crippen LogP contribution in [0.25, 0.3) is 5.69 Å². The number of halogens is 1. The van der Waals surface area contributed by atoms with Crippen molar-refractivity contribution in [1.29, 1.82) is 0 Å². The van der Waals surface area contributed by atoms with Gasteiger partial charge in [-0.25, -0.2) is 4.39 Å². The highest BCUT2D eigenvalue weighted by Crippen LogP contribution is 2.21. The van der Waals surface area contributed by atoms with Crippen LogP contribution in [0.15, 0.2) is 53.7 Å². The van der Waals surface area contributed by atoms with E-state index in [0.29, 0.717) is 22.3 Å². The maximum atomic E-state index is 13.4. The van der Waals surface area contributed by atoms with Gasteiger partial charge in [0.15, 0.2) is 5.78 Å². The number of hydrogen-bond acceptors (Lipinski definition) is 5. The number of carbonyl (C=O) groups is 1. The number of tetrazole rings is 1. The number of thioether (sulfide) groups is 1. The predicted octanol–water partition coefficient (Wildman–Crippen LogP) is 3.90. The van der Waals surface area contributed by atoms with E-state index in [9.17, 15) is 9.18 Å². The van der Waals surface area contributed by atoms with E-state index in [2.05, 4.69) is 29.4 Å². The van der Waals surface area contributed by atoms with Crippen molar-refractivity contribution in [2.24, 2.45) is 0 Å². The molecule has 128 valence electrons. The second kappa shape index (κ2) is 7.57. The summed E-state index contributed by atoms with van der Waals surface area (Å²) in [6.45, 7) is 4.22. The average molecular weight is 356 g/mol. The van der Waals surface area contributed by atoms with Crippen LogP contribution >= 0.6 is 11.8 Å². The molecule has 0 amide bonds. The molecule has 7 heteroatoms. The fourth-order valence-electron chi connectivity index (χ4n) is 2.31. The molecule has 3 rings (SSSR count). The van der Waals surface area contributed by atoms with Crippen LogP contribution in [0.5, 0.6) is 0 Å². The van der Waals surface area contributed by atoms with Gasteiger partial charge in [-0.15, -0.1) is 5.10 Å². The summed E-state index contributed by atoms with van der Waals surface area (Å²) in [4.78, 5) is 12.4. The molecule has 0 aliphatic rings. The van der Waals surface area contributed by atoms with Gasteiger partial charge in [0, 0.05) is 5.56 Å². The zero-order valence-corrected chi connectivity index (χ0v) is 14.7. The van der Waals surface area contributed by atoms with Crippen molar-refractivity contribution in [1.82, 2.24) is 20.2 Å². The number of nitrogens with zero attached hydrogens (tertiary/aromatic N) is 4. The first kappa shape index (κ1) is 17.3. The first-order valence-electron chi connectivity index (χ1n) is 7.85. The smallest absolute Gasteiger partial charge is 0.214 e. The standard InChI is InChI=1S/C18H17FN4OS/c1-12(2)13-6-8-14(9-7-13)17(24)11-25-18-20-21-22-23(18)16-5-3-4-15(19)10-16/h3-10,12H,11H2,1-2H3. The molecule has 0 spiro atoms. The third-order valence-corrected chi connectivity index (χ3v) is 4.64. The number of carbonyl (C=O) groups excluding carboxylic acids is 1. The van der Waals surface area contributed by atoms with Crippen molar-refractivity contribution in [2.75, 3.05) is 5.75 Å². The summed E-state index contributed by atoms with van der Waals surface area (Å²) in [5, 5.41) is 11.8. The molecule has 0 N–H and O–H groups in total. The highest BCUT2D eigenvalue weighted by atomic mass is 32.2. The molecule has 0 fully saturated rings. The summed E-state index contributed by atoms with van der Waals surface area (Å²) >= 11 is 1.22. The van der Waals surface area contributed by atoms with Crippen LogP contribution in [-0.4, -0.2) is 31.7 Å². The Hall–Kier alpha value is -2.54. The van der Waals surface area contributed by atoms with Gasteiger partial charge in [-0.05, 0) is 40.1 Å². The lowest BCUT2D eigenvalue weighted by atomic mass is 10.0. The number of aromatic nitrogens is 4. The van der Waals surface area contributed by atoms with Gasteiger partial charge in [0.2, 0.25) is 5.16 Å². The molecule has 5 nitrogen and oxygen atoms in total. The lowest BCUT2D eigenvalue weighted by Gasteiger charge is -2.07. The van der Waals surface area contributed by atoms with Crippen molar-refractivity contribution in [3.05, 3.63) is 65.5 Å². The van der Waals surface area contributed by atoms with Gasteiger partial charge >= 0.3 is 0 Å². The van der Waals surface area contributed by atoms with Crippen LogP contribution < -0.4 is 0 Å². The van der Waals surface area contributed by atoms with E-state index >= 15 is 0 Å². The summed E-state index contributed by atoms with van der Waals surface area (Å²) in [6, 6.07) is 13.6. The van der Waals surface area contributed by atoms with Crippen molar-refractivity contribution in [3.8, 4) is 5.69 Å². The summed E-state index contributed by atoms with van der Waals surface area (Å²) in [5.74, 6) is 0.255. The van der Waals surface area contributed by atoms with E-state index < -0.39 is 0 Å². The molecule has 3 aromatic rings. The minimum Gasteiger partial charge on any atom is -0.293 e. The van der Waals surface area contributed by atoms with E-state index in [4.69, 9.17) is 0 Å². The van der Waals surface area contributed by atoms with E-state index in [1.54, 1.807) is 12.1 Å². The lowest BCUT2D eigenvalue weighted by molar-refractivity contribution is 0.102. The third kappa shape index (κ3) is 4.11. The molecule has 25 heavy (non-hydrogen) atoms. The van der Waals surface area contributed by atoms with Gasteiger partial charge in [0.1, 0.15) is 5.82 Å². The van der Waals surface area contributed by atoms with Gasteiger partial charge in [0.25, 0.3) is 0 Å². The number of rotatable bonds is 6. The topological polar surface area (TPSA) is 60.7 Å². The largest absolute Gasteiger partial charge is 0.293 e. The summed E-state index contributed by atoms with van der Waals surface area (Å²) < 4.78 is 14.8. The summed E-state index contributed by atoms with van der Waals surface area (Å²) in [7, 11) is 0. The SMILES string of the molecule is CC(C)c1ccc(C(=O)CSc2nnnn2-c2cccc(F)c2)cc1. The van der Waals surface area contributed by atoms with Crippen molar-refractivity contribution in [2.45, 2.75) is 24.9 Å². The first-order chi connectivity index (χ1) is 12.0. The molecule has 0 bridgehead atoms. The molecule has 1 aromatic heterocycles. The maximum Gasteiger partial charge on any atom is 0.214 e. The Kier molecular flexibility index (Phi) is 5.23. The number of benzene rings is 2. The predicted molar refractivity (Wildman–Crippen MR) is 94.7 cm³/mol. The number of hydrogen-bond donors (Lipinski definition) is 0. The number of Topliss-reactive ketones (excluding diaryl/α,β-unsaturated/α-hetero) is 1. The molecule has 0 saturated heterocycles. The molecule has 0 radical (unpaired) electrons. The molecule has 0 saturated carbocycles. The normalized spacial score (nSPS) is 11.0. The molecule has 2 aromatic carbocycles. The van der Waals surface area contributed by atoms with Crippen LogP contribution in [0.4, 0.5) is 4.39 Å². The van der Waals surface area contributed by atoms with Crippen molar-refractivity contribution < 1.29 is 9.18 Å². The third-order valence-electron chi connectivity index (χ3n) is 3.73. The average Bonchev–Trinajstić information content (AvgIpc) is 3.08. The molecule has 1 heterocycles. The Balaban J connectivity index is 1.70. The Morgan fingerprint density at radius 1 is 1.20 bits per heavy atom. The molecule has 0 aliphatic carbocycles. The van der Waals surface area contributed by atoms with Crippen LogP contribution in [0.2, 0.25) is 0 Å². The van der Waals surface area contributed by atoms with E-state index in [-0.39, 0.29) is 17.4 Å². The minimum atomic E-state index is -0.370. The quantitative estimate of drug-likeness (QED) is 0.495. The Morgan fingerprint density at radius 3 is 2.64 bits per heavy atom. The van der Waals surface area contributed by atoms with Crippen LogP contribution in [0, 0.1) is 5.82 Å². The van der Waals surface area contributed by atoms with Crippen LogP contribution in [-0.2, 0) is 0 Å². The molecule has 0 unspecified atom stereocenters. The fraction of sp³-hybridized carbons (Fsp3) is 0.222. The van der Waals surface area contributed by atoms with Crippen LogP contribution in [0.1, 0.15) is 35.7 Å². The zero-order valence-electron chi connectivity index (χ0n) is 13.9. The maximum absolute atomic E-state index is 13.4. The van der Waals surface area contributed by atoms with Crippen molar-refractivity contribution >= 4 is 17.5 Å². The monoisotopic (exact) mass is 356 g/mol. The summed E-state index contributed by atoms with van der Waals surface area (Å²) in [5.41, 5.74) is 2.36. The Bertz CT molecular complexity index is 877. The second-order valence-electron chi connectivity index (χ2n) is 5.84. The van der Waals surface area contributed by atoms with Gasteiger partial charge in [-0.3, -0.25) is 4.79 Å². The molecular formula is C18H17FN4OS. The van der Waals surface area contributed by atoms with Gasteiger partial charge < -0.3 is 0 Å². The Labute approximate surface area is 149 Å². The highest BCUT2D eigenvalue weighted by Gasteiger charge is 2.13. The van der Waals surface area contributed by atoms with E-state index in [0.717, 1.165) is 0 Å². The number of ketones is 1. The second-order valence-corrected chi connectivity index (χ2v) is 6.78. The van der Waals surface area contributed by atoms with Crippen molar-refractivity contribution in [3.63, 3.8) is 0 Å². The van der Waals surface area contributed by atoms with Crippen LogP contribution in [0.3, 0.4) is 0 Å². The zero-order chi connectivity index (χ0) is 17.8. The molecular weight excluding hydrogens is 339 g/mol. The van der Waals surface area contributed by atoms with Gasteiger partial charge in [-0.2, -0.15) is 4.68 Å². The molecule has 0 atom stereocenters. The highest BCUT2D eigenvalue weighted by molar-refractivity contribution is 7.99. The molecule has 0 aliphatic heterocycles. The lowest BCUT2D eigenvalue weighted by Crippen LogP contribution is -2.05. The Morgan fingerprint density at radius 2 is 1.96 bits per heavy atom. The van der Waals surface area contributed by atoms with Gasteiger partial charge in [0.05, 0.1) is 11.4 Å². The fourth-order valence-corrected chi connectivity index (χ4v) is 3.09. The van der Waals surface area contributed by atoms with E-state index in [1.165, 1.54) is 34.1 Å². The summed E-state index contributed by atoms with van der Waals surface area (Å²) in [6.07, 6.45) is 0. The first-order valence-corrected chi connectivity index (χ1v) is 8.83. The minimum absolute atomic E-state index is 0.00546.